The van der Waals surface area contributed by atoms with Crippen molar-refractivity contribution in [1.82, 2.24) is 14.8 Å². The topological polar surface area (TPSA) is 94.0 Å². The van der Waals surface area contributed by atoms with Crippen molar-refractivity contribution < 1.29 is 9.90 Å². The number of aromatic nitrogens is 3. The van der Waals surface area contributed by atoms with Gasteiger partial charge in [-0.3, -0.25) is 4.68 Å². The van der Waals surface area contributed by atoms with Crippen LogP contribution in [0.2, 0.25) is 0 Å². The highest BCUT2D eigenvalue weighted by atomic mass is 16.4. The van der Waals surface area contributed by atoms with E-state index in [-0.39, 0.29) is 5.69 Å². The van der Waals surface area contributed by atoms with Crippen molar-refractivity contribution in [3.8, 4) is 11.3 Å². The Hall–Kier alpha value is -2.89. The van der Waals surface area contributed by atoms with Gasteiger partial charge in [0, 0.05) is 24.1 Å². The molecule has 3 rings (SSSR count). The van der Waals surface area contributed by atoms with Gasteiger partial charge in [0.25, 0.3) is 0 Å². The van der Waals surface area contributed by atoms with Crippen LogP contribution in [0, 0.1) is 0 Å². The predicted octanol–water partition coefficient (Wildman–Crippen LogP) is 1.92. The summed E-state index contributed by atoms with van der Waals surface area (Å²) in [5.74, 6) is -0.480. The fourth-order valence-electron chi connectivity index (χ4n) is 2.11. The van der Waals surface area contributed by atoms with E-state index in [1.807, 2.05) is 12.1 Å². The molecule has 3 aromatic rings. The summed E-state index contributed by atoms with van der Waals surface area (Å²) in [6.45, 7) is 0. The fraction of sp³-hybridized carbons (Fsp3) is 0.0714. The Kier molecular flexibility index (Phi) is 2.64. The molecular formula is C14H12N4O2. The van der Waals surface area contributed by atoms with Gasteiger partial charge in [-0.25, -0.2) is 9.78 Å². The highest BCUT2D eigenvalue weighted by Gasteiger charge is 2.11. The maximum Gasteiger partial charge on any atom is 0.354 e. The van der Waals surface area contributed by atoms with Gasteiger partial charge in [0.05, 0.1) is 11.2 Å². The quantitative estimate of drug-likeness (QED) is 0.740. The Labute approximate surface area is 114 Å². The van der Waals surface area contributed by atoms with Gasteiger partial charge in [0.15, 0.2) is 0 Å². The SMILES string of the molecule is Cn1nc(-c2cccc3nc(C(=O)O)ccc23)cc1N. The number of pyridine rings is 1. The first-order valence-corrected chi connectivity index (χ1v) is 5.99. The van der Waals surface area contributed by atoms with Crippen LogP contribution < -0.4 is 5.73 Å². The molecule has 0 fully saturated rings. The third-order valence-corrected chi connectivity index (χ3v) is 3.14. The van der Waals surface area contributed by atoms with Crippen LogP contribution in [-0.2, 0) is 7.05 Å². The Bertz CT molecular complexity index is 804. The van der Waals surface area contributed by atoms with Gasteiger partial charge in [-0.15, -0.1) is 0 Å². The van der Waals surface area contributed by atoms with Gasteiger partial charge in [0.2, 0.25) is 0 Å². The molecule has 6 heteroatoms. The highest BCUT2D eigenvalue weighted by molar-refractivity contribution is 5.96. The Balaban J connectivity index is 2.24. The lowest BCUT2D eigenvalue weighted by atomic mass is 10.1. The Morgan fingerprint density at radius 3 is 2.75 bits per heavy atom. The maximum absolute atomic E-state index is 11.0. The lowest BCUT2D eigenvalue weighted by molar-refractivity contribution is 0.0691. The Morgan fingerprint density at radius 1 is 1.30 bits per heavy atom. The van der Waals surface area contributed by atoms with E-state index in [0.717, 1.165) is 16.6 Å². The van der Waals surface area contributed by atoms with Crippen molar-refractivity contribution in [3.63, 3.8) is 0 Å². The van der Waals surface area contributed by atoms with E-state index in [1.165, 1.54) is 6.07 Å². The number of fused-ring (bicyclic) bond motifs is 1. The number of nitrogens with zero attached hydrogens (tertiary/aromatic N) is 3. The van der Waals surface area contributed by atoms with Crippen LogP contribution in [0.3, 0.4) is 0 Å². The summed E-state index contributed by atoms with van der Waals surface area (Å²) in [4.78, 5) is 15.1. The molecule has 100 valence electrons. The molecule has 0 unspecified atom stereocenters. The molecule has 0 saturated heterocycles. The number of nitrogen functional groups attached to an aromatic ring is 1. The number of anilines is 1. The molecular weight excluding hydrogens is 256 g/mol. The van der Waals surface area contributed by atoms with E-state index >= 15 is 0 Å². The zero-order chi connectivity index (χ0) is 14.3. The number of carboxylic acids is 1. The van der Waals surface area contributed by atoms with E-state index in [0.29, 0.717) is 11.3 Å². The van der Waals surface area contributed by atoms with Crippen molar-refractivity contribution >= 4 is 22.7 Å². The highest BCUT2D eigenvalue weighted by Crippen LogP contribution is 2.28. The molecule has 2 aromatic heterocycles. The fourth-order valence-corrected chi connectivity index (χ4v) is 2.11. The van der Waals surface area contributed by atoms with Gasteiger partial charge in [-0.2, -0.15) is 5.10 Å². The van der Waals surface area contributed by atoms with Gasteiger partial charge >= 0.3 is 5.97 Å². The smallest absolute Gasteiger partial charge is 0.354 e. The van der Waals surface area contributed by atoms with Crippen LogP contribution in [-0.4, -0.2) is 25.8 Å². The summed E-state index contributed by atoms with van der Waals surface area (Å²) in [5.41, 5.74) is 8.04. The van der Waals surface area contributed by atoms with Crippen molar-refractivity contribution in [3.05, 3.63) is 42.1 Å². The van der Waals surface area contributed by atoms with Crippen LogP contribution >= 0.6 is 0 Å². The molecule has 0 aliphatic carbocycles. The first-order chi connectivity index (χ1) is 9.56. The van der Waals surface area contributed by atoms with E-state index in [4.69, 9.17) is 10.8 Å². The molecule has 0 amide bonds. The van der Waals surface area contributed by atoms with Crippen LogP contribution in [0.15, 0.2) is 36.4 Å². The summed E-state index contributed by atoms with van der Waals surface area (Å²) < 4.78 is 1.59. The summed E-state index contributed by atoms with van der Waals surface area (Å²) in [6, 6.07) is 10.5. The number of benzene rings is 1. The molecule has 0 atom stereocenters. The number of hydrogen-bond donors (Lipinski definition) is 2. The van der Waals surface area contributed by atoms with Gasteiger partial charge in [-0.1, -0.05) is 12.1 Å². The Morgan fingerprint density at radius 2 is 2.10 bits per heavy atom. The van der Waals surface area contributed by atoms with Crippen molar-refractivity contribution in [2.24, 2.45) is 7.05 Å². The zero-order valence-corrected chi connectivity index (χ0v) is 10.7. The zero-order valence-electron chi connectivity index (χ0n) is 10.7. The second-order valence-electron chi connectivity index (χ2n) is 4.45. The van der Waals surface area contributed by atoms with Crippen molar-refractivity contribution in [2.75, 3.05) is 5.73 Å². The summed E-state index contributed by atoms with van der Waals surface area (Å²) in [5, 5.41) is 14.2. The molecule has 3 N–H and O–H groups in total. The second-order valence-corrected chi connectivity index (χ2v) is 4.45. The number of carboxylic acid groups (broad SMARTS) is 1. The first-order valence-electron chi connectivity index (χ1n) is 5.99. The van der Waals surface area contributed by atoms with E-state index in [1.54, 1.807) is 29.9 Å². The number of hydrogen-bond acceptors (Lipinski definition) is 4. The van der Waals surface area contributed by atoms with E-state index in [2.05, 4.69) is 10.1 Å². The average Bonchev–Trinajstić information content (AvgIpc) is 2.77. The minimum atomic E-state index is -1.04. The van der Waals surface area contributed by atoms with E-state index < -0.39 is 5.97 Å². The molecule has 6 nitrogen and oxygen atoms in total. The molecule has 2 heterocycles. The van der Waals surface area contributed by atoms with Gasteiger partial charge in [-0.05, 0) is 18.2 Å². The van der Waals surface area contributed by atoms with Crippen LogP contribution in [0.25, 0.3) is 22.2 Å². The van der Waals surface area contributed by atoms with Gasteiger partial charge < -0.3 is 10.8 Å². The predicted molar refractivity (Wildman–Crippen MR) is 75.3 cm³/mol. The molecule has 0 spiro atoms. The normalized spacial score (nSPS) is 10.8. The minimum absolute atomic E-state index is 0.0233. The summed E-state index contributed by atoms with van der Waals surface area (Å²) >= 11 is 0. The first kappa shape index (κ1) is 12.2. The lowest BCUT2D eigenvalue weighted by Gasteiger charge is -2.04. The molecule has 0 bridgehead atoms. The van der Waals surface area contributed by atoms with Crippen molar-refractivity contribution in [1.29, 1.82) is 0 Å². The number of nitrogens with two attached hydrogens (primary N) is 1. The summed E-state index contributed by atoms with van der Waals surface area (Å²) in [7, 11) is 1.77. The molecule has 1 aromatic carbocycles. The monoisotopic (exact) mass is 268 g/mol. The van der Waals surface area contributed by atoms with Crippen LogP contribution in [0.4, 0.5) is 5.82 Å². The van der Waals surface area contributed by atoms with Crippen molar-refractivity contribution in [2.45, 2.75) is 0 Å². The second kappa shape index (κ2) is 4.34. The molecule has 0 aliphatic heterocycles. The third kappa shape index (κ3) is 1.87. The molecule has 0 aliphatic rings. The van der Waals surface area contributed by atoms with Crippen LogP contribution in [0.1, 0.15) is 10.5 Å². The van der Waals surface area contributed by atoms with Crippen LogP contribution in [0.5, 0.6) is 0 Å². The van der Waals surface area contributed by atoms with Gasteiger partial charge in [0.1, 0.15) is 11.5 Å². The third-order valence-electron chi connectivity index (χ3n) is 3.14. The summed E-state index contributed by atoms with van der Waals surface area (Å²) in [6.07, 6.45) is 0. The molecule has 0 saturated carbocycles. The standard InChI is InChI=1S/C14H12N4O2/c1-18-13(15)7-12(17-18)8-3-2-4-10-9(8)5-6-11(16-10)14(19)20/h2-7H,15H2,1H3,(H,19,20). The molecule has 0 radical (unpaired) electrons. The number of aryl methyl sites for hydroxylation is 1. The number of carbonyl (C=O) groups is 1. The molecule has 20 heavy (non-hydrogen) atoms. The minimum Gasteiger partial charge on any atom is -0.477 e. The lowest BCUT2D eigenvalue weighted by Crippen LogP contribution is -2.00. The average molecular weight is 268 g/mol. The number of rotatable bonds is 2. The van der Waals surface area contributed by atoms with E-state index in [9.17, 15) is 4.79 Å². The number of aromatic carboxylic acids is 1. The largest absolute Gasteiger partial charge is 0.477 e. The maximum atomic E-state index is 11.0.